The summed E-state index contributed by atoms with van der Waals surface area (Å²) in [6.45, 7) is 10.0. The van der Waals surface area contributed by atoms with Gasteiger partial charge in [0.1, 0.15) is 5.78 Å². The Morgan fingerprint density at radius 2 is 1.75 bits per heavy atom. The predicted molar refractivity (Wildman–Crippen MR) is 113 cm³/mol. The van der Waals surface area contributed by atoms with Gasteiger partial charge in [-0.1, -0.05) is 81.8 Å². The second-order valence-electron chi connectivity index (χ2n) is 8.69. The van der Waals surface area contributed by atoms with E-state index in [1.165, 1.54) is 5.57 Å². The van der Waals surface area contributed by atoms with Gasteiger partial charge < -0.3 is 5.11 Å². The summed E-state index contributed by atoms with van der Waals surface area (Å²) in [4.78, 5) is 25.8. The lowest BCUT2D eigenvalue weighted by Gasteiger charge is -2.54. The van der Waals surface area contributed by atoms with Crippen LogP contribution in [0.15, 0.2) is 48.1 Å². The van der Waals surface area contributed by atoms with Crippen molar-refractivity contribution in [2.75, 3.05) is 0 Å². The van der Waals surface area contributed by atoms with Crippen molar-refractivity contribution in [3.8, 4) is 0 Å². The zero-order valence-electron chi connectivity index (χ0n) is 17.6. The average Bonchev–Trinajstić information content (AvgIpc) is 2.92. The van der Waals surface area contributed by atoms with Gasteiger partial charge in [-0.2, -0.15) is 0 Å². The number of aliphatic carboxylic acids is 1. The summed E-state index contributed by atoms with van der Waals surface area (Å²) in [5.74, 6) is -1.08. The number of allylic oxidation sites excluding steroid dienone is 3. The number of fused-ring (bicyclic) bond motifs is 1. The van der Waals surface area contributed by atoms with Crippen LogP contribution >= 0.6 is 0 Å². The third-order valence-electron chi connectivity index (χ3n) is 7.67. The number of hydrogen-bond donors (Lipinski definition) is 1. The summed E-state index contributed by atoms with van der Waals surface area (Å²) >= 11 is 0. The molecule has 1 aromatic rings. The number of carboxylic acid groups (broad SMARTS) is 1. The number of hydrogen-bond acceptors (Lipinski definition) is 2. The van der Waals surface area contributed by atoms with E-state index in [1.807, 2.05) is 57.2 Å². The maximum absolute atomic E-state index is 12.9. The van der Waals surface area contributed by atoms with E-state index in [4.69, 9.17) is 0 Å². The van der Waals surface area contributed by atoms with Crippen LogP contribution in [0.3, 0.4) is 0 Å². The third kappa shape index (κ3) is 2.70. The van der Waals surface area contributed by atoms with Crippen molar-refractivity contribution in [2.45, 2.75) is 47.5 Å². The molecule has 28 heavy (non-hydrogen) atoms. The lowest BCUT2D eigenvalue weighted by atomic mass is 9.47. The fourth-order valence-electron chi connectivity index (χ4n) is 6.34. The van der Waals surface area contributed by atoms with Crippen LogP contribution in [0.1, 0.15) is 53.0 Å². The van der Waals surface area contributed by atoms with Crippen LogP contribution in [0.5, 0.6) is 0 Å². The van der Waals surface area contributed by atoms with E-state index < -0.39 is 16.8 Å². The van der Waals surface area contributed by atoms with Crippen LogP contribution in [0, 0.1) is 34.5 Å². The first-order chi connectivity index (χ1) is 13.3. The molecule has 0 saturated heterocycles. The molecule has 0 amide bonds. The second kappa shape index (κ2) is 7.35. The minimum atomic E-state index is -0.989. The fourth-order valence-corrected chi connectivity index (χ4v) is 6.34. The first-order valence-electron chi connectivity index (χ1n) is 10.5. The Hall–Kier alpha value is -2.16. The maximum Gasteiger partial charge on any atom is 0.311 e. The topological polar surface area (TPSA) is 54.4 Å². The highest BCUT2D eigenvalue weighted by Gasteiger charge is 2.66. The highest BCUT2D eigenvalue weighted by atomic mass is 16.4. The lowest BCUT2D eigenvalue weighted by Crippen LogP contribution is -2.56. The normalized spacial score (nSPS) is 37.8. The number of carboxylic acids is 1. The number of ketones is 1. The van der Waals surface area contributed by atoms with Crippen LogP contribution < -0.4 is 0 Å². The summed E-state index contributed by atoms with van der Waals surface area (Å²) in [7, 11) is 0. The highest BCUT2D eigenvalue weighted by Crippen LogP contribution is 2.65. The van der Waals surface area contributed by atoms with Gasteiger partial charge in [0, 0.05) is 17.3 Å². The van der Waals surface area contributed by atoms with E-state index in [2.05, 4.69) is 26.0 Å². The first kappa shape index (κ1) is 20.6. The molecule has 1 saturated carbocycles. The van der Waals surface area contributed by atoms with Crippen LogP contribution in [0.4, 0.5) is 0 Å². The molecule has 1 aromatic carbocycles. The summed E-state index contributed by atoms with van der Waals surface area (Å²) in [5, 5.41) is 10.6. The van der Waals surface area contributed by atoms with Gasteiger partial charge in [0.15, 0.2) is 0 Å². The van der Waals surface area contributed by atoms with Gasteiger partial charge in [0.2, 0.25) is 0 Å². The number of rotatable bonds is 5. The van der Waals surface area contributed by atoms with Gasteiger partial charge in [0.25, 0.3) is 0 Å². The third-order valence-corrected chi connectivity index (χ3v) is 7.67. The van der Waals surface area contributed by atoms with Crippen molar-refractivity contribution in [1.29, 1.82) is 0 Å². The molecule has 3 rings (SSSR count). The van der Waals surface area contributed by atoms with E-state index in [1.54, 1.807) is 0 Å². The molecule has 0 radical (unpaired) electrons. The highest BCUT2D eigenvalue weighted by molar-refractivity contribution is 5.89. The van der Waals surface area contributed by atoms with Crippen LogP contribution in [-0.2, 0) is 9.59 Å². The molecule has 3 heteroatoms. The molecule has 6 atom stereocenters. The fraction of sp³-hybridized carbons (Fsp3) is 0.520. The Kier molecular flexibility index (Phi) is 5.40. The number of benzene rings is 1. The van der Waals surface area contributed by atoms with E-state index in [0.717, 1.165) is 5.56 Å². The molecule has 1 N–H and O–H groups in total. The van der Waals surface area contributed by atoms with Crippen molar-refractivity contribution in [1.82, 2.24) is 0 Å². The summed E-state index contributed by atoms with van der Waals surface area (Å²) in [6.07, 6.45) is 7.51. The van der Waals surface area contributed by atoms with Gasteiger partial charge in [-0.3, -0.25) is 9.59 Å². The molecule has 0 heterocycles. The maximum atomic E-state index is 12.9. The van der Waals surface area contributed by atoms with Gasteiger partial charge in [-0.15, -0.1) is 0 Å². The van der Waals surface area contributed by atoms with Gasteiger partial charge in [0.05, 0.1) is 5.41 Å². The largest absolute Gasteiger partial charge is 0.481 e. The molecule has 1 fully saturated rings. The van der Waals surface area contributed by atoms with Crippen LogP contribution in [0.25, 0.3) is 6.08 Å². The Bertz CT molecular complexity index is 821. The molecular formula is C25H32O3. The number of carbonyl (C=O) groups excluding carboxylic acids is 1. The van der Waals surface area contributed by atoms with Crippen LogP contribution in [0.2, 0.25) is 0 Å². The lowest BCUT2D eigenvalue weighted by molar-refractivity contribution is -0.165. The van der Waals surface area contributed by atoms with E-state index in [-0.39, 0.29) is 29.5 Å². The number of carbonyl (C=O) groups is 2. The van der Waals surface area contributed by atoms with Gasteiger partial charge in [-0.05, 0) is 37.2 Å². The second-order valence-corrected chi connectivity index (χ2v) is 8.69. The Balaban J connectivity index is 2.25. The van der Waals surface area contributed by atoms with Crippen molar-refractivity contribution < 1.29 is 14.7 Å². The zero-order valence-corrected chi connectivity index (χ0v) is 17.6. The molecular weight excluding hydrogens is 348 g/mol. The van der Waals surface area contributed by atoms with Crippen molar-refractivity contribution in [3.05, 3.63) is 53.6 Å². The predicted octanol–water partition coefficient (Wildman–Crippen LogP) is 5.62. The first-order valence-corrected chi connectivity index (χ1v) is 10.5. The minimum Gasteiger partial charge on any atom is -0.481 e. The summed E-state index contributed by atoms with van der Waals surface area (Å²) in [6, 6.07) is 10.0. The van der Waals surface area contributed by atoms with Gasteiger partial charge in [-0.25, -0.2) is 0 Å². The van der Waals surface area contributed by atoms with Crippen LogP contribution in [-0.4, -0.2) is 16.9 Å². The summed E-state index contributed by atoms with van der Waals surface area (Å²) in [5.41, 5.74) is 0.618. The van der Waals surface area contributed by atoms with E-state index in [9.17, 15) is 14.7 Å². The Morgan fingerprint density at radius 3 is 2.29 bits per heavy atom. The average molecular weight is 381 g/mol. The Labute approximate surface area is 168 Å². The monoisotopic (exact) mass is 380 g/mol. The van der Waals surface area contributed by atoms with E-state index >= 15 is 0 Å². The van der Waals surface area contributed by atoms with Crippen molar-refractivity contribution >= 4 is 17.8 Å². The Morgan fingerprint density at radius 1 is 1.11 bits per heavy atom. The van der Waals surface area contributed by atoms with Crippen molar-refractivity contribution in [3.63, 3.8) is 0 Å². The smallest absolute Gasteiger partial charge is 0.311 e. The van der Waals surface area contributed by atoms with Crippen molar-refractivity contribution in [2.24, 2.45) is 34.5 Å². The zero-order chi connectivity index (χ0) is 20.7. The molecule has 150 valence electrons. The molecule has 0 bridgehead atoms. The molecule has 2 aliphatic carbocycles. The minimum absolute atomic E-state index is 0.0170. The molecule has 0 spiro atoms. The molecule has 0 aromatic heterocycles. The SMILES string of the molecule is CC[C@]1(/C=C/c2ccccc2)C=C(C)[C@@H]2[C@H]([C@H](C)C(=O)[C@H]2C)[C@@]1(CC)C(=O)O. The molecule has 0 unspecified atom stereocenters. The number of Topliss-reactive ketones (excluding diaryl/α,β-unsaturated/α-hetero) is 1. The van der Waals surface area contributed by atoms with Gasteiger partial charge >= 0.3 is 5.97 Å². The molecule has 3 nitrogen and oxygen atoms in total. The quantitative estimate of drug-likeness (QED) is 0.674. The standard InChI is InChI=1S/C25H32O3/c1-6-24(14-13-19-11-9-8-10-12-19)15-16(3)20-17(4)22(26)18(5)21(20)25(24,7-2)23(27)28/h8-15,17-18,20-21H,6-7H2,1-5H3,(H,27,28)/b14-13+/t17-,18-,20-,21-,24-,25-/m0/s1. The van der Waals surface area contributed by atoms with E-state index in [0.29, 0.717) is 12.8 Å². The molecule has 0 aliphatic heterocycles. The summed E-state index contributed by atoms with van der Waals surface area (Å²) < 4.78 is 0. The molecule has 2 aliphatic rings.